The zero-order chi connectivity index (χ0) is 6.78. The number of halogens is 1. The summed E-state index contributed by atoms with van der Waals surface area (Å²) in [5.74, 6) is 0.453. The molecule has 0 spiro atoms. The third-order valence-electron chi connectivity index (χ3n) is 1.60. The molecular formula is C6H14ClN. The van der Waals surface area contributed by atoms with Crippen LogP contribution in [0.3, 0.4) is 0 Å². The summed E-state index contributed by atoms with van der Waals surface area (Å²) in [5.41, 5.74) is 5.38. The van der Waals surface area contributed by atoms with Crippen LogP contribution in [0.5, 0.6) is 0 Å². The van der Waals surface area contributed by atoms with E-state index in [9.17, 15) is 0 Å². The van der Waals surface area contributed by atoms with Gasteiger partial charge in [-0.3, -0.25) is 0 Å². The van der Waals surface area contributed by atoms with Gasteiger partial charge in [0, 0.05) is 6.54 Å². The second-order valence-electron chi connectivity index (χ2n) is 2.64. The maximum atomic E-state index is 5.93. The Morgan fingerprint density at radius 1 is 1.62 bits per heavy atom. The fourth-order valence-electron chi connectivity index (χ4n) is 0.236. The molecule has 0 fully saturated rings. The van der Waals surface area contributed by atoms with E-state index in [1.165, 1.54) is 0 Å². The molecule has 2 N–H and O–H groups in total. The molecule has 0 saturated heterocycles. The molecule has 0 heterocycles. The van der Waals surface area contributed by atoms with Gasteiger partial charge in [-0.15, -0.1) is 11.6 Å². The Bertz CT molecular complexity index is 68.9. The Kier molecular flexibility index (Phi) is 2.78. The molecule has 50 valence electrons. The maximum Gasteiger partial charge on any atom is 0.0563 e. The Balaban J connectivity index is 3.71. The van der Waals surface area contributed by atoms with E-state index < -0.39 is 0 Å². The van der Waals surface area contributed by atoms with Crippen LogP contribution in [0.2, 0.25) is 0 Å². The van der Waals surface area contributed by atoms with Crippen molar-refractivity contribution in [3.8, 4) is 0 Å². The van der Waals surface area contributed by atoms with Gasteiger partial charge in [-0.05, 0) is 12.8 Å². The van der Waals surface area contributed by atoms with E-state index in [1.54, 1.807) is 0 Å². The van der Waals surface area contributed by atoms with Gasteiger partial charge < -0.3 is 5.73 Å². The van der Waals surface area contributed by atoms with Crippen LogP contribution in [0.15, 0.2) is 0 Å². The lowest BCUT2D eigenvalue weighted by atomic mass is 9.98. The Labute approximate surface area is 56.2 Å². The molecule has 0 aliphatic heterocycles. The van der Waals surface area contributed by atoms with E-state index in [2.05, 4.69) is 13.8 Å². The fourth-order valence-corrected chi connectivity index (χ4v) is 0.236. The van der Waals surface area contributed by atoms with Crippen LogP contribution in [-0.2, 0) is 0 Å². The molecule has 1 nitrogen and oxygen atoms in total. The molecule has 0 aromatic heterocycles. The molecule has 0 aliphatic rings. The van der Waals surface area contributed by atoms with E-state index in [4.69, 9.17) is 17.3 Å². The highest BCUT2D eigenvalue weighted by molar-refractivity contribution is 6.24. The van der Waals surface area contributed by atoms with Crippen molar-refractivity contribution < 1.29 is 0 Å². The van der Waals surface area contributed by atoms with Crippen LogP contribution in [0.1, 0.15) is 20.8 Å². The van der Waals surface area contributed by atoms with Gasteiger partial charge in [0.2, 0.25) is 0 Å². The van der Waals surface area contributed by atoms with Gasteiger partial charge >= 0.3 is 0 Å². The normalized spacial score (nSPS) is 18.8. The first-order chi connectivity index (χ1) is 3.50. The minimum Gasteiger partial charge on any atom is -0.329 e. The van der Waals surface area contributed by atoms with Gasteiger partial charge in [0.15, 0.2) is 0 Å². The summed E-state index contributed by atoms with van der Waals surface area (Å²) >= 11 is 5.93. The van der Waals surface area contributed by atoms with Crippen molar-refractivity contribution >= 4 is 11.6 Å². The minimum absolute atomic E-state index is 0.208. The highest BCUT2D eigenvalue weighted by Gasteiger charge is 2.22. The smallest absolute Gasteiger partial charge is 0.0563 e. The predicted molar refractivity (Wildman–Crippen MR) is 38.2 cm³/mol. The minimum atomic E-state index is -0.208. The summed E-state index contributed by atoms with van der Waals surface area (Å²) in [7, 11) is 0. The van der Waals surface area contributed by atoms with Crippen molar-refractivity contribution in [1.29, 1.82) is 0 Å². The van der Waals surface area contributed by atoms with Gasteiger partial charge in [0.25, 0.3) is 0 Å². The Morgan fingerprint density at radius 3 is 2.00 bits per heavy atom. The molecule has 0 rings (SSSR count). The van der Waals surface area contributed by atoms with Crippen LogP contribution in [0.25, 0.3) is 0 Å². The highest BCUT2D eigenvalue weighted by Crippen LogP contribution is 2.22. The summed E-state index contributed by atoms with van der Waals surface area (Å²) in [6.45, 7) is 6.64. The fraction of sp³-hybridized carbons (Fsp3) is 1.00. The van der Waals surface area contributed by atoms with Crippen molar-refractivity contribution in [2.45, 2.75) is 25.6 Å². The van der Waals surface area contributed by atoms with E-state index in [-0.39, 0.29) is 4.87 Å². The second kappa shape index (κ2) is 2.70. The molecule has 0 aromatic rings. The second-order valence-corrected chi connectivity index (χ2v) is 3.50. The van der Waals surface area contributed by atoms with Gasteiger partial charge in [-0.25, -0.2) is 0 Å². The molecule has 2 heteroatoms. The molecule has 0 amide bonds. The van der Waals surface area contributed by atoms with Gasteiger partial charge in [-0.1, -0.05) is 13.8 Å². The average molecular weight is 136 g/mol. The zero-order valence-corrected chi connectivity index (χ0v) is 6.50. The highest BCUT2D eigenvalue weighted by atomic mass is 35.5. The van der Waals surface area contributed by atoms with E-state index in [0.29, 0.717) is 12.5 Å². The molecule has 0 radical (unpaired) electrons. The Morgan fingerprint density at radius 2 is 2.00 bits per heavy atom. The maximum absolute atomic E-state index is 5.93. The monoisotopic (exact) mass is 135 g/mol. The molecular weight excluding hydrogens is 122 g/mol. The first-order valence-electron chi connectivity index (χ1n) is 2.89. The first-order valence-corrected chi connectivity index (χ1v) is 3.27. The van der Waals surface area contributed by atoms with E-state index >= 15 is 0 Å². The standard InChI is InChI=1S/C6H14ClN/c1-5(2)6(3,7)4-8/h5H,4,8H2,1-3H3. The lowest BCUT2D eigenvalue weighted by Gasteiger charge is -2.23. The summed E-state index contributed by atoms with van der Waals surface area (Å²) in [6, 6.07) is 0. The van der Waals surface area contributed by atoms with Crippen LogP contribution in [0, 0.1) is 5.92 Å². The summed E-state index contributed by atoms with van der Waals surface area (Å²) in [5, 5.41) is 0. The zero-order valence-electron chi connectivity index (χ0n) is 5.74. The average Bonchev–Trinajstić information content (AvgIpc) is 1.67. The SMILES string of the molecule is CC(C)C(C)(Cl)CN. The molecule has 1 atom stereocenters. The van der Waals surface area contributed by atoms with Crippen molar-refractivity contribution in [2.75, 3.05) is 6.54 Å². The van der Waals surface area contributed by atoms with Crippen molar-refractivity contribution in [3.05, 3.63) is 0 Å². The molecule has 0 aliphatic carbocycles. The molecule has 1 unspecified atom stereocenters. The molecule has 0 aromatic carbocycles. The largest absolute Gasteiger partial charge is 0.329 e. The van der Waals surface area contributed by atoms with E-state index in [1.807, 2.05) is 6.92 Å². The number of nitrogens with two attached hydrogens (primary N) is 1. The number of hydrogen-bond donors (Lipinski definition) is 1. The van der Waals surface area contributed by atoms with Gasteiger partial charge in [-0.2, -0.15) is 0 Å². The molecule has 0 saturated carbocycles. The van der Waals surface area contributed by atoms with Crippen LogP contribution < -0.4 is 5.73 Å². The number of alkyl halides is 1. The lowest BCUT2D eigenvalue weighted by molar-refractivity contribution is 0.466. The van der Waals surface area contributed by atoms with Crippen LogP contribution >= 0.6 is 11.6 Å². The van der Waals surface area contributed by atoms with Crippen molar-refractivity contribution in [1.82, 2.24) is 0 Å². The number of rotatable bonds is 2. The summed E-state index contributed by atoms with van der Waals surface area (Å²) in [4.78, 5) is -0.208. The predicted octanol–water partition coefficient (Wildman–Crippen LogP) is 1.60. The number of hydrogen-bond acceptors (Lipinski definition) is 1. The summed E-state index contributed by atoms with van der Waals surface area (Å²) < 4.78 is 0. The quantitative estimate of drug-likeness (QED) is 0.572. The van der Waals surface area contributed by atoms with Crippen molar-refractivity contribution in [2.24, 2.45) is 11.7 Å². The topological polar surface area (TPSA) is 26.0 Å². The molecule has 0 bridgehead atoms. The van der Waals surface area contributed by atoms with Crippen molar-refractivity contribution in [3.63, 3.8) is 0 Å². The van der Waals surface area contributed by atoms with Crippen LogP contribution in [-0.4, -0.2) is 11.4 Å². The van der Waals surface area contributed by atoms with Crippen LogP contribution in [0.4, 0.5) is 0 Å². The third kappa shape index (κ3) is 2.01. The summed E-state index contributed by atoms with van der Waals surface area (Å²) in [6.07, 6.45) is 0. The Hall–Kier alpha value is 0.250. The van der Waals surface area contributed by atoms with E-state index in [0.717, 1.165) is 0 Å². The third-order valence-corrected chi connectivity index (χ3v) is 2.19. The van der Waals surface area contributed by atoms with Gasteiger partial charge in [0.05, 0.1) is 4.87 Å². The van der Waals surface area contributed by atoms with Gasteiger partial charge in [0.1, 0.15) is 0 Å². The lowest BCUT2D eigenvalue weighted by Crippen LogP contribution is -2.33. The molecule has 8 heavy (non-hydrogen) atoms. The first kappa shape index (κ1) is 8.25.